The van der Waals surface area contributed by atoms with Gasteiger partial charge in [0.1, 0.15) is 16.7 Å². The maximum absolute atomic E-state index is 9.81. The number of pyridine rings is 1. The highest BCUT2D eigenvalue weighted by Gasteiger charge is 2.24. The molecule has 3 aromatic rings. The molecule has 5 rings (SSSR count). The van der Waals surface area contributed by atoms with Gasteiger partial charge in [0.2, 0.25) is 5.95 Å². The van der Waals surface area contributed by atoms with E-state index >= 15 is 0 Å². The van der Waals surface area contributed by atoms with Crippen LogP contribution in [-0.4, -0.2) is 81.7 Å². The number of hydrogen-bond acceptors (Lipinski definition) is 10. The van der Waals surface area contributed by atoms with Crippen molar-refractivity contribution in [2.45, 2.75) is 0 Å². The summed E-state index contributed by atoms with van der Waals surface area (Å²) in [5, 5.41) is 10.7. The van der Waals surface area contributed by atoms with Gasteiger partial charge < -0.3 is 24.2 Å². The Hall–Kier alpha value is -2.74. The average molecular weight is 426 g/mol. The number of ether oxygens (including phenoxy) is 2. The van der Waals surface area contributed by atoms with Crippen molar-refractivity contribution < 1.29 is 9.47 Å². The van der Waals surface area contributed by atoms with Gasteiger partial charge in [-0.1, -0.05) is 0 Å². The number of anilines is 3. The summed E-state index contributed by atoms with van der Waals surface area (Å²) in [5.74, 6) is 2.30. The fraction of sp³-hybridized carbons (Fsp3) is 0.500. The quantitative estimate of drug-likeness (QED) is 0.623. The molecule has 2 fully saturated rings. The fourth-order valence-electron chi connectivity index (χ4n) is 3.82. The minimum atomic E-state index is 0.571. The molecule has 10 heteroatoms. The molecule has 0 amide bonds. The minimum absolute atomic E-state index is 0.571. The van der Waals surface area contributed by atoms with Gasteiger partial charge in [-0.05, 0) is 6.07 Å². The molecule has 2 aliphatic rings. The van der Waals surface area contributed by atoms with Crippen LogP contribution in [0.25, 0.3) is 20.4 Å². The molecule has 0 N–H and O–H groups in total. The van der Waals surface area contributed by atoms with E-state index in [0.717, 1.165) is 58.2 Å². The molecular weight excluding hydrogens is 402 g/mol. The lowest BCUT2D eigenvalue weighted by molar-refractivity contribution is 0.122. The number of fused-ring (bicyclic) bond motifs is 3. The van der Waals surface area contributed by atoms with Gasteiger partial charge in [0, 0.05) is 45.7 Å². The molecule has 9 nitrogen and oxygen atoms in total. The Labute approximate surface area is 178 Å². The third kappa shape index (κ3) is 3.29. The zero-order valence-corrected chi connectivity index (χ0v) is 17.9. The van der Waals surface area contributed by atoms with E-state index in [1.54, 1.807) is 11.3 Å². The van der Waals surface area contributed by atoms with E-state index in [1.807, 2.05) is 25.1 Å². The van der Waals surface area contributed by atoms with E-state index in [9.17, 15) is 5.26 Å². The first kappa shape index (κ1) is 19.2. The molecule has 2 saturated heterocycles. The highest BCUT2D eigenvalue weighted by molar-refractivity contribution is 7.26. The molecule has 3 aromatic heterocycles. The third-order valence-electron chi connectivity index (χ3n) is 5.40. The lowest BCUT2D eigenvalue weighted by Gasteiger charge is -2.28. The Morgan fingerprint density at radius 1 is 0.967 bits per heavy atom. The lowest BCUT2D eigenvalue weighted by atomic mass is 10.2. The van der Waals surface area contributed by atoms with Crippen LogP contribution in [0, 0.1) is 11.3 Å². The first-order chi connectivity index (χ1) is 14.7. The maximum atomic E-state index is 9.81. The Morgan fingerprint density at radius 3 is 2.20 bits per heavy atom. The van der Waals surface area contributed by atoms with Gasteiger partial charge in [0.25, 0.3) is 0 Å². The van der Waals surface area contributed by atoms with Crippen molar-refractivity contribution in [2.75, 3.05) is 81.4 Å². The van der Waals surface area contributed by atoms with Crippen molar-refractivity contribution in [3.05, 3.63) is 11.6 Å². The van der Waals surface area contributed by atoms with Crippen LogP contribution in [0.3, 0.4) is 0 Å². The number of hydrogen-bond donors (Lipinski definition) is 0. The second-order valence-corrected chi connectivity index (χ2v) is 8.54. The normalized spacial score (nSPS) is 17.5. The van der Waals surface area contributed by atoms with E-state index in [-0.39, 0.29) is 0 Å². The van der Waals surface area contributed by atoms with Crippen molar-refractivity contribution in [3.63, 3.8) is 0 Å². The number of thiophene rings is 1. The van der Waals surface area contributed by atoms with Gasteiger partial charge >= 0.3 is 0 Å². The van der Waals surface area contributed by atoms with Gasteiger partial charge in [0.05, 0.1) is 42.2 Å². The number of nitrogens with zero attached hydrogens (tertiary/aromatic N) is 7. The number of rotatable bonds is 3. The summed E-state index contributed by atoms with van der Waals surface area (Å²) >= 11 is 1.60. The first-order valence-corrected chi connectivity index (χ1v) is 10.9. The molecule has 0 saturated carbocycles. The second kappa shape index (κ2) is 7.83. The number of morpholine rings is 2. The fourth-order valence-corrected chi connectivity index (χ4v) is 4.93. The van der Waals surface area contributed by atoms with Gasteiger partial charge in [-0.2, -0.15) is 10.2 Å². The predicted octanol–water partition coefficient (Wildman–Crippen LogP) is 1.85. The average Bonchev–Trinajstić information content (AvgIpc) is 3.16. The Kier molecular flexibility index (Phi) is 5.02. The van der Waals surface area contributed by atoms with E-state index in [2.05, 4.69) is 15.9 Å². The van der Waals surface area contributed by atoms with Crippen molar-refractivity contribution in [1.82, 2.24) is 15.0 Å². The SMILES string of the molecule is CN(C)c1nc(N2CCOCC2)c2sc3nc(N4CCOCC4)c(C#N)cc3c2n1. The molecule has 0 aliphatic carbocycles. The smallest absolute Gasteiger partial charge is 0.227 e. The Morgan fingerprint density at radius 2 is 1.60 bits per heavy atom. The molecule has 0 bridgehead atoms. The molecular formula is C20H23N7O2S. The van der Waals surface area contributed by atoms with Gasteiger partial charge in [0.15, 0.2) is 5.82 Å². The highest BCUT2D eigenvalue weighted by atomic mass is 32.1. The van der Waals surface area contributed by atoms with E-state index in [4.69, 9.17) is 24.4 Å². The summed E-state index contributed by atoms with van der Waals surface area (Å²) in [6.07, 6.45) is 0. The lowest BCUT2D eigenvalue weighted by Crippen LogP contribution is -2.37. The number of nitriles is 1. The van der Waals surface area contributed by atoms with Crippen LogP contribution in [0.15, 0.2) is 6.07 Å². The zero-order chi connectivity index (χ0) is 20.7. The monoisotopic (exact) mass is 425 g/mol. The van der Waals surface area contributed by atoms with E-state index in [0.29, 0.717) is 37.9 Å². The maximum Gasteiger partial charge on any atom is 0.227 e. The van der Waals surface area contributed by atoms with Gasteiger partial charge in [-0.3, -0.25) is 0 Å². The molecule has 0 radical (unpaired) electrons. The molecule has 156 valence electrons. The van der Waals surface area contributed by atoms with Crippen molar-refractivity contribution in [2.24, 2.45) is 0 Å². The molecule has 5 heterocycles. The molecule has 2 aliphatic heterocycles. The summed E-state index contributed by atoms with van der Waals surface area (Å²) in [5.41, 5.74) is 1.43. The van der Waals surface area contributed by atoms with Crippen molar-refractivity contribution >= 4 is 49.4 Å². The van der Waals surface area contributed by atoms with Crippen LogP contribution in [0.2, 0.25) is 0 Å². The summed E-state index contributed by atoms with van der Waals surface area (Å²) < 4.78 is 12.0. The first-order valence-electron chi connectivity index (χ1n) is 10.0. The summed E-state index contributed by atoms with van der Waals surface area (Å²) in [4.78, 5) is 21.8. The molecule has 0 unspecified atom stereocenters. The Balaban J connectivity index is 1.72. The largest absolute Gasteiger partial charge is 0.378 e. The van der Waals surface area contributed by atoms with Crippen LogP contribution in [0.5, 0.6) is 0 Å². The molecule has 30 heavy (non-hydrogen) atoms. The van der Waals surface area contributed by atoms with Crippen LogP contribution < -0.4 is 14.7 Å². The highest BCUT2D eigenvalue weighted by Crippen LogP contribution is 2.40. The van der Waals surface area contributed by atoms with Crippen LogP contribution >= 0.6 is 11.3 Å². The van der Waals surface area contributed by atoms with E-state index < -0.39 is 0 Å². The predicted molar refractivity (Wildman–Crippen MR) is 118 cm³/mol. The van der Waals surface area contributed by atoms with Gasteiger partial charge in [-0.25, -0.2) is 9.97 Å². The summed E-state index contributed by atoms with van der Waals surface area (Å²) in [6.45, 7) is 5.73. The van der Waals surface area contributed by atoms with Gasteiger partial charge in [-0.15, -0.1) is 11.3 Å². The standard InChI is InChI=1S/C20H23N7O2S/c1-25(2)20-22-15-14-11-13(12-21)17(26-3-7-28-8-4-26)23-19(14)30-16(15)18(24-20)27-5-9-29-10-6-27/h11H,3-10H2,1-2H3. The third-order valence-corrected chi connectivity index (χ3v) is 6.48. The Bertz CT molecular complexity index is 1130. The topological polar surface area (TPSA) is 90.6 Å². The zero-order valence-electron chi connectivity index (χ0n) is 17.1. The second-order valence-electron chi connectivity index (χ2n) is 7.54. The molecule has 0 atom stereocenters. The molecule has 0 spiro atoms. The van der Waals surface area contributed by atoms with E-state index in [1.165, 1.54) is 0 Å². The van der Waals surface area contributed by atoms with Crippen molar-refractivity contribution in [1.29, 1.82) is 5.26 Å². The minimum Gasteiger partial charge on any atom is -0.378 e. The van der Waals surface area contributed by atoms with Crippen LogP contribution in [-0.2, 0) is 9.47 Å². The number of aromatic nitrogens is 3. The van der Waals surface area contributed by atoms with Crippen molar-refractivity contribution in [3.8, 4) is 6.07 Å². The van der Waals surface area contributed by atoms with Crippen LogP contribution in [0.4, 0.5) is 17.6 Å². The summed E-state index contributed by atoms with van der Waals surface area (Å²) in [6, 6.07) is 4.27. The van der Waals surface area contributed by atoms with Crippen LogP contribution in [0.1, 0.15) is 5.56 Å². The summed E-state index contributed by atoms with van der Waals surface area (Å²) in [7, 11) is 3.88. The molecule has 0 aromatic carbocycles.